The Hall–Kier alpha value is -2.53. The van der Waals surface area contributed by atoms with Crippen molar-refractivity contribution in [2.75, 3.05) is 0 Å². The van der Waals surface area contributed by atoms with E-state index in [0.717, 1.165) is 6.29 Å². The van der Waals surface area contributed by atoms with Gasteiger partial charge >= 0.3 is 6.08 Å². The van der Waals surface area contributed by atoms with E-state index in [1.807, 2.05) is 0 Å². The van der Waals surface area contributed by atoms with Crippen molar-refractivity contribution < 1.29 is 18.7 Å². The quantitative estimate of drug-likeness (QED) is 0.659. The number of nitrogens with zero attached hydrogens (tertiary/aromatic N) is 1. The minimum atomic E-state index is -0.492. The highest BCUT2D eigenvalue weighted by Gasteiger charge is 2.09. The molecule has 0 fully saturated rings. The van der Waals surface area contributed by atoms with Crippen LogP contribution in [0.1, 0.15) is 6.92 Å². The van der Waals surface area contributed by atoms with E-state index in [-0.39, 0.29) is 6.08 Å². The van der Waals surface area contributed by atoms with Crippen molar-refractivity contribution in [3.8, 4) is 17.6 Å². The van der Waals surface area contributed by atoms with Crippen molar-refractivity contribution >= 4 is 29.0 Å². The molecule has 1 aromatic heterocycles. The van der Waals surface area contributed by atoms with Crippen LogP contribution in [0.4, 0.5) is 0 Å². The summed E-state index contributed by atoms with van der Waals surface area (Å²) in [6, 6.07) is 12.0. The second-order valence-corrected chi connectivity index (χ2v) is 5.06. The van der Waals surface area contributed by atoms with Crippen LogP contribution in [0.5, 0.6) is 17.6 Å². The number of hydrogen-bond acceptors (Lipinski definition) is 5. The maximum atomic E-state index is 10.5. The van der Waals surface area contributed by atoms with E-state index in [4.69, 9.17) is 25.5 Å². The molecule has 1 unspecified atom stereocenters. The Labute approximate surface area is 131 Å². The van der Waals surface area contributed by atoms with Crippen molar-refractivity contribution in [2.24, 2.45) is 0 Å². The first kappa shape index (κ1) is 14.4. The molecular weight excluding hydrogens is 306 g/mol. The number of carbonyl (C=O) groups excluding carboxylic acids is 1. The highest BCUT2D eigenvalue weighted by molar-refractivity contribution is 6.31. The number of halogens is 1. The number of rotatable bonds is 5. The lowest BCUT2D eigenvalue weighted by Gasteiger charge is -2.08. The zero-order valence-corrected chi connectivity index (χ0v) is 12.4. The third kappa shape index (κ3) is 3.20. The monoisotopic (exact) mass is 317 g/mol. The summed E-state index contributed by atoms with van der Waals surface area (Å²) in [5.41, 5.74) is 1.22. The molecule has 3 aromatic rings. The fraction of sp³-hybridized carbons (Fsp3) is 0.125. The lowest BCUT2D eigenvalue weighted by atomic mass is 10.3. The summed E-state index contributed by atoms with van der Waals surface area (Å²) in [6.45, 7) is 1.67. The molecule has 0 aliphatic rings. The van der Waals surface area contributed by atoms with Crippen LogP contribution >= 0.6 is 11.6 Å². The van der Waals surface area contributed by atoms with Crippen LogP contribution in [0, 0.1) is 0 Å². The normalized spacial score (nSPS) is 12.1. The first-order valence-electron chi connectivity index (χ1n) is 6.60. The van der Waals surface area contributed by atoms with Gasteiger partial charge in [-0.2, -0.15) is 4.98 Å². The summed E-state index contributed by atoms with van der Waals surface area (Å²) in [7, 11) is 0. The number of ether oxygens (including phenoxy) is 2. The van der Waals surface area contributed by atoms with Crippen LogP contribution in [0.25, 0.3) is 11.1 Å². The number of benzene rings is 2. The summed E-state index contributed by atoms with van der Waals surface area (Å²) < 4.78 is 16.4. The first-order valence-corrected chi connectivity index (χ1v) is 6.98. The molecule has 0 aliphatic carbocycles. The average molecular weight is 318 g/mol. The second kappa shape index (κ2) is 6.07. The Kier molecular flexibility index (Phi) is 3.98. The van der Waals surface area contributed by atoms with Crippen molar-refractivity contribution in [1.82, 2.24) is 4.98 Å². The third-order valence-electron chi connectivity index (χ3n) is 2.87. The van der Waals surface area contributed by atoms with Crippen molar-refractivity contribution in [1.29, 1.82) is 0 Å². The van der Waals surface area contributed by atoms with E-state index >= 15 is 0 Å². The Balaban J connectivity index is 1.75. The first-order chi connectivity index (χ1) is 10.6. The van der Waals surface area contributed by atoms with E-state index in [9.17, 15) is 4.79 Å². The fourth-order valence-corrected chi connectivity index (χ4v) is 2.01. The van der Waals surface area contributed by atoms with Gasteiger partial charge in [0.15, 0.2) is 18.0 Å². The van der Waals surface area contributed by atoms with Crippen LogP contribution < -0.4 is 9.47 Å². The molecule has 6 heteroatoms. The van der Waals surface area contributed by atoms with Crippen molar-refractivity contribution in [2.45, 2.75) is 13.0 Å². The fourth-order valence-electron chi connectivity index (χ4n) is 1.85. The molecule has 1 atom stereocenters. The molecule has 0 aliphatic heterocycles. The van der Waals surface area contributed by atoms with Gasteiger partial charge in [-0.15, -0.1) is 0 Å². The van der Waals surface area contributed by atoms with Gasteiger partial charge in [-0.1, -0.05) is 11.6 Å². The van der Waals surface area contributed by atoms with Crippen molar-refractivity contribution in [3.63, 3.8) is 0 Å². The summed E-state index contributed by atoms with van der Waals surface area (Å²) in [6.07, 6.45) is 0.370. The number of fused-ring (bicyclic) bond motifs is 1. The molecule has 0 bridgehead atoms. The highest BCUT2D eigenvalue weighted by Crippen LogP contribution is 2.28. The molecule has 5 nitrogen and oxygen atoms in total. The zero-order valence-electron chi connectivity index (χ0n) is 11.7. The maximum absolute atomic E-state index is 10.5. The molecule has 1 heterocycles. The van der Waals surface area contributed by atoms with Gasteiger partial charge in [0.1, 0.15) is 17.0 Å². The van der Waals surface area contributed by atoms with Gasteiger partial charge in [-0.25, -0.2) is 0 Å². The summed E-state index contributed by atoms with van der Waals surface area (Å²) in [5, 5.41) is 0.570. The van der Waals surface area contributed by atoms with Crippen LogP contribution in [0.15, 0.2) is 46.9 Å². The molecule has 0 spiro atoms. The molecule has 0 saturated carbocycles. The van der Waals surface area contributed by atoms with Crippen LogP contribution in [0.3, 0.4) is 0 Å². The van der Waals surface area contributed by atoms with Gasteiger partial charge in [0.2, 0.25) is 0 Å². The number of aldehydes is 1. The summed E-state index contributed by atoms with van der Waals surface area (Å²) in [5.74, 6) is 1.13. The Morgan fingerprint density at radius 1 is 1.18 bits per heavy atom. The predicted molar refractivity (Wildman–Crippen MR) is 81.7 cm³/mol. The molecule has 0 saturated heterocycles. The Morgan fingerprint density at radius 3 is 2.64 bits per heavy atom. The average Bonchev–Trinajstić information content (AvgIpc) is 2.90. The lowest BCUT2D eigenvalue weighted by Crippen LogP contribution is -2.12. The van der Waals surface area contributed by atoms with E-state index in [0.29, 0.717) is 27.6 Å². The molecule has 112 valence electrons. The predicted octanol–water partition coefficient (Wildman–Crippen LogP) is 4.24. The molecule has 3 rings (SSSR count). The minimum Gasteiger partial charge on any atom is -0.483 e. The maximum Gasteiger partial charge on any atom is 0.400 e. The molecular formula is C16H12ClNO4. The van der Waals surface area contributed by atoms with Crippen LogP contribution in [-0.2, 0) is 4.79 Å². The van der Waals surface area contributed by atoms with Crippen molar-refractivity contribution in [3.05, 3.63) is 47.5 Å². The molecule has 0 radical (unpaired) electrons. The Bertz CT molecular complexity index is 798. The standard InChI is InChI=1S/C16H12ClNO4/c1-10(9-19)20-12-3-5-13(6-4-12)21-16-18-14-7-2-11(17)8-15(14)22-16/h2-10H,1H3. The molecule has 0 amide bonds. The smallest absolute Gasteiger partial charge is 0.400 e. The third-order valence-corrected chi connectivity index (χ3v) is 3.11. The minimum absolute atomic E-state index is 0.132. The van der Waals surface area contributed by atoms with Crippen LogP contribution in [-0.4, -0.2) is 17.4 Å². The molecule has 0 N–H and O–H groups in total. The van der Waals surface area contributed by atoms with E-state index in [1.165, 1.54) is 0 Å². The van der Waals surface area contributed by atoms with Gasteiger partial charge < -0.3 is 13.9 Å². The zero-order chi connectivity index (χ0) is 15.5. The SMILES string of the molecule is CC(C=O)Oc1ccc(Oc2nc3ccc(Cl)cc3o2)cc1. The van der Waals surface area contributed by atoms with E-state index in [2.05, 4.69) is 4.98 Å². The van der Waals surface area contributed by atoms with E-state index in [1.54, 1.807) is 49.4 Å². The largest absolute Gasteiger partial charge is 0.483 e. The topological polar surface area (TPSA) is 61.6 Å². The number of aromatic nitrogens is 1. The van der Waals surface area contributed by atoms with Gasteiger partial charge in [-0.05, 0) is 43.3 Å². The highest BCUT2D eigenvalue weighted by atomic mass is 35.5. The molecule has 22 heavy (non-hydrogen) atoms. The van der Waals surface area contributed by atoms with Gasteiger partial charge in [0.25, 0.3) is 0 Å². The second-order valence-electron chi connectivity index (χ2n) is 4.62. The summed E-state index contributed by atoms with van der Waals surface area (Å²) >= 11 is 5.89. The number of hydrogen-bond donors (Lipinski definition) is 0. The van der Waals surface area contributed by atoms with Crippen LogP contribution in [0.2, 0.25) is 5.02 Å². The lowest BCUT2D eigenvalue weighted by molar-refractivity contribution is -0.113. The summed E-state index contributed by atoms with van der Waals surface area (Å²) in [4.78, 5) is 14.8. The number of oxazole rings is 1. The van der Waals surface area contributed by atoms with E-state index < -0.39 is 6.10 Å². The Morgan fingerprint density at radius 2 is 1.91 bits per heavy atom. The molecule has 2 aromatic carbocycles. The van der Waals surface area contributed by atoms with Gasteiger partial charge in [-0.3, -0.25) is 4.79 Å². The van der Waals surface area contributed by atoms with Gasteiger partial charge in [0.05, 0.1) is 0 Å². The number of carbonyl (C=O) groups is 1. The van der Waals surface area contributed by atoms with Gasteiger partial charge in [0, 0.05) is 11.1 Å².